The molecule has 0 spiro atoms. The van der Waals surface area contributed by atoms with Gasteiger partial charge in [-0.2, -0.15) is 0 Å². The van der Waals surface area contributed by atoms with E-state index in [2.05, 4.69) is 41.2 Å². The van der Waals surface area contributed by atoms with Crippen molar-refractivity contribution in [3.8, 4) is 11.5 Å². The van der Waals surface area contributed by atoms with Crippen LogP contribution in [-0.2, 0) is 0 Å². The summed E-state index contributed by atoms with van der Waals surface area (Å²) in [5.74, 6) is 2.25. The van der Waals surface area contributed by atoms with Gasteiger partial charge in [-0.15, -0.1) is 0 Å². The second kappa shape index (κ2) is 5.33. The molecule has 2 aliphatic heterocycles. The number of benzene rings is 1. The molecule has 1 aromatic rings. The van der Waals surface area contributed by atoms with Gasteiger partial charge >= 0.3 is 0 Å². The van der Waals surface area contributed by atoms with E-state index in [1.807, 2.05) is 0 Å². The van der Waals surface area contributed by atoms with Crippen molar-refractivity contribution in [2.24, 2.45) is 0 Å². The van der Waals surface area contributed by atoms with Gasteiger partial charge in [0.25, 0.3) is 0 Å². The highest BCUT2D eigenvalue weighted by Gasteiger charge is 2.28. The lowest BCUT2D eigenvalue weighted by atomic mass is 9.90. The van der Waals surface area contributed by atoms with E-state index in [-0.39, 0.29) is 0 Å². The van der Waals surface area contributed by atoms with E-state index < -0.39 is 0 Å². The Morgan fingerprint density at radius 1 is 1.26 bits per heavy atom. The van der Waals surface area contributed by atoms with Gasteiger partial charge in [0.15, 0.2) is 11.5 Å². The van der Waals surface area contributed by atoms with Crippen LogP contribution in [0.25, 0.3) is 0 Å². The topological polar surface area (TPSA) is 30.5 Å². The van der Waals surface area contributed by atoms with Crippen LogP contribution in [0.2, 0.25) is 0 Å². The summed E-state index contributed by atoms with van der Waals surface area (Å²) >= 11 is 3.63. The Bertz CT molecular complexity index is 482. The van der Waals surface area contributed by atoms with E-state index in [9.17, 15) is 0 Å². The van der Waals surface area contributed by atoms with Crippen molar-refractivity contribution in [3.63, 3.8) is 0 Å². The van der Waals surface area contributed by atoms with Crippen molar-refractivity contribution < 1.29 is 9.47 Å². The van der Waals surface area contributed by atoms with E-state index in [0.717, 1.165) is 22.5 Å². The largest absolute Gasteiger partial charge is 0.486 e. The lowest BCUT2D eigenvalue weighted by Gasteiger charge is -2.28. The Balaban J connectivity index is 2.14. The Hall–Kier alpha value is -0.740. The average molecular weight is 326 g/mol. The monoisotopic (exact) mass is 325 g/mol. The summed E-state index contributed by atoms with van der Waals surface area (Å²) < 4.78 is 12.7. The van der Waals surface area contributed by atoms with Crippen molar-refractivity contribution in [2.45, 2.75) is 38.6 Å². The van der Waals surface area contributed by atoms with Gasteiger partial charge in [0.05, 0.1) is 4.47 Å². The molecule has 1 unspecified atom stereocenters. The quantitative estimate of drug-likeness (QED) is 0.897. The number of rotatable bonds is 2. The molecule has 0 amide bonds. The lowest BCUT2D eigenvalue weighted by Crippen LogP contribution is -2.21. The van der Waals surface area contributed by atoms with E-state index >= 15 is 0 Å². The maximum Gasteiger partial charge on any atom is 0.175 e. The highest BCUT2D eigenvalue weighted by Crippen LogP contribution is 2.47. The maximum absolute atomic E-state index is 5.91. The van der Waals surface area contributed by atoms with Crippen LogP contribution >= 0.6 is 15.9 Å². The summed E-state index contributed by atoms with van der Waals surface area (Å²) in [7, 11) is 0. The van der Waals surface area contributed by atoms with E-state index in [1.54, 1.807) is 0 Å². The summed E-state index contributed by atoms with van der Waals surface area (Å²) in [4.78, 5) is 0. The van der Waals surface area contributed by atoms with Crippen molar-refractivity contribution in [1.29, 1.82) is 0 Å². The minimum atomic E-state index is 0.431. The van der Waals surface area contributed by atoms with E-state index in [4.69, 9.17) is 9.47 Å². The third-order valence-electron chi connectivity index (χ3n) is 3.85. The number of hydrogen-bond acceptors (Lipinski definition) is 3. The molecule has 1 atom stereocenters. The first-order valence-electron chi connectivity index (χ1n) is 7.03. The molecule has 1 fully saturated rings. The van der Waals surface area contributed by atoms with Gasteiger partial charge in [-0.1, -0.05) is 13.8 Å². The Kier molecular flexibility index (Phi) is 3.72. The van der Waals surface area contributed by atoms with Gasteiger partial charge in [0, 0.05) is 11.6 Å². The Labute approximate surface area is 122 Å². The molecule has 0 saturated carbocycles. The van der Waals surface area contributed by atoms with Gasteiger partial charge in [-0.05, 0) is 52.9 Å². The zero-order valence-electron chi connectivity index (χ0n) is 11.5. The van der Waals surface area contributed by atoms with E-state index in [1.165, 1.54) is 24.0 Å². The molecule has 3 rings (SSSR count). The van der Waals surface area contributed by atoms with Crippen LogP contribution < -0.4 is 14.8 Å². The van der Waals surface area contributed by atoms with Gasteiger partial charge in [0.1, 0.15) is 13.2 Å². The number of ether oxygens (including phenoxy) is 2. The Morgan fingerprint density at radius 3 is 2.63 bits per heavy atom. The van der Waals surface area contributed by atoms with Crippen molar-refractivity contribution in [2.75, 3.05) is 19.8 Å². The fraction of sp³-hybridized carbons (Fsp3) is 0.600. The van der Waals surface area contributed by atoms with Crippen molar-refractivity contribution >= 4 is 15.9 Å². The van der Waals surface area contributed by atoms with Crippen LogP contribution in [0.3, 0.4) is 0 Å². The predicted molar refractivity (Wildman–Crippen MR) is 79.2 cm³/mol. The van der Waals surface area contributed by atoms with Gasteiger partial charge in [0.2, 0.25) is 0 Å². The van der Waals surface area contributed by atoms with Gasteiger partial charge in [-0.25, -0.2) is 0 Å². The molecular weight excluding hydrogens is 306 g/mol. The summed E-state index contributed by atoms with van der Waals surface area (Å²) in [6.07, 6.45) is 2.44. The third kappa shape index (κ3) is 2.36. The molecule has 0 aliphatic carbocycles. The molecule has 104 valence electrons. The molecule has 3 nitrogen and oxygen atoms in total. The maximum atomic E-state index is 5.91. The van der Waals surface area contributed by atoms with Crippen LogP contribution in [0.15, 0.2) is 10.5 Å². The molecule has 1 saturated heterocycles. The first kappa shape index (κ1) is 13.3. The second-order valence-corrected chi connectivity index (χ2v) is 6.37. The number of nitrogens with one attached hydrogen (secondary N) is 1. The fourth-order valence-electron chi connectivity index (χ4n) is 3.04. The van der Waals surface area contributed by atoms with Crippen LogP contribution in [0.5, 0.6) is 11.5 Å². The highest BCUT2D eigenvalue weighted by molar-refractivity contribution is 9.10. The van der Waals surface area contributed by atoms with Gasteiger partial charge in [-0.3, -0.25) is 0 Å². The molecule has 4 heteroatoms. The van der Waals surface area contributed by atoms with Gasteiger partial charge < -0.3 is 14.8 Å². The normalized spacial score (nSPS) is 22.0. The minimum Gasteiger partial charge on any atom is -0.486 e. The molecule has 1 aromatic carbocycles. The zero-order valence-corrected chi connectivity index (χ0v) is 13.0. The van der Waals surface area contributed by atoms with Crippen LogP contribution in [-0.4, -0.2) is 19.8 Å². The van der Waals surface area contributed by atoms with E-state index in [0.29, 0.717) is 25.2 Å². The molecule has 0 radical (unpaired) electrons. The number of halogens is 1. The minimum absolute atomic E-state index is 0.431. The molecule has 2 heterocycles. The molecule has 2 aliphatic rings. The molecular formula is C15H20BrNO2. The molecule has 1 N–H and O–H groups in total. The van der Waals surface area contributed by atoms with Crippen LogP contribution in [0.1, 0.15) is 49.8 Å². The Morgan fingerprint density at radius 2 is 2.00 bits per heavy atom. The summed E-state index contributed by atoms with van der Waals surface area (Å²) in [5.41, 5.74) is 2.67. The third-order valence-corrected chi connectivity index (χ3v) is 4.44. The van der Waals surface area contributed by atoms with Crippen LogP contribution in [0, 0.1) is 0 Å². The average Bonchev–Trinajstić information content (AvgIpc) is 2.92. The second-order valence-electron chi connectivity index (χ2n) is 5.52. The van der Waals surface area contributed by atoms with Crippen molar-refractivity contribution in [3.05, 3.63) is 21.7 Å². The first-order chi connectivity index (χ1) is 9.18. The summed E-state index contributed by atoms with van der Waals surface area (Å²) in [6.45, 7) is 6.82. The zero-order chi connectivity index (χ0) is 13.4. The SMILES string of the molecule is CC(C)c1c(C2CCCN2)cc(Br)c2c1OCCO2. The lowest BCUT2D eigenvalue weighted by molar-refractivity contribution is 0.168. The number of hydrogen-bond donors (Lipinski definition) is 1. The highest BCUT2D eigenvalue weighted by atomic mass is 79.9. The predicted octanol–water partition coefficient (Wildman–Crippen LogP) is 3.77. The standard InChI is InChI=1S/C15H20BrNO2/c1-9(2)13-10(12-4-3-5-17-12)8-11(16)14-15(13)19-7-6-18-14/h8-9,12,17H,3-7H2,1-2H3. The van der Waals surface area contributed by atoms with Crippen LogP contribution in [0.4, 0.5) is 0 Å². The smallest absolute Gasteiger partial charge is 0.175 e. The van der Waals surface area contributed by atoms with Crippen molar-refractivity contribution in [1.82, 2.24) is 5.32 Å². The fourth-order valence-corrected chi connectivity index (χ4v) is 3.58. The summed E-state index contributed by atoms with van der Waals surface area (Å²) in [5, 5.41) is 3.58. The molecule has 0 aromatic heterocycles. The summed E-state index contributed by atoms with van der Waals surface area (Å²) in [6, 6.07) is 2.66. The molecule has 19 heavy (non-hydrogen) atoms. The molecule has 0 bridgehead atoms. The first-order valence-corrected chi connectivity index (χ1v) is 7.83. The number of fused-ring (bicyclic) bond motifs is 1.